The summed E-state index contributed by atoms with van der Waals surface area (Å²) in [5.41, 5.74) is 0.802. The van der Waals surface area contributed by atoms with Gasteiger partial charge in [0.1, 0.15) is 5.76 Å². The van der Waals surface area contributed by atoms with Gasteiger partial charge < -0.3 is 14.6 Å². The highest BCUT2D eigenvalue weighted by Crippen LogP contribution is 2.29. The molecule has 1 aliphatic heterocycles. The first-order chi connectivity index (χ1) is 10.3. The molecule has 5 heteroatoms. The zero-order valence-electron chi connectivity index (χ0n) is 11.6. The van der Waals surface area contributed by atoms with Crippen LogP contribution in [-0.2, 0) is 0 Å². The SMILES string of the molecule is O=C(c1ccc(-c2ccccc2Cl)o1)N1CCCNCC1. The monoisotopic (exact) mass is 304 g/mol. The van der Waals surface area contributed by atoms with Crippen LogP contribution in [0.15, 0.2) is 40.8 Å². The second-order valence-electron chi connectivity index (χ2n) is 5.04. The zero-order chi connectivity index (χ0) is 14.7. The van der Waals surface area contributed by atoms with Crippen LogP contribution >= 0.6 is 11.6 Å². The van der Waals surface area contributed by atoms with E-state index in [4.69, 9.17) is 16.0 Å². The van der Waals surface area contributed by atoms with Crippen molar-refractivity contribution in [3.8, 4) is 11.3 Å². The van der Waals surface area contributed by atoms with Crippen molar-refractivity contribution in [1.82, 2.24) is 10.2 Å². The van der Waals surface area contributed by atoms with Crippen molar-refractivity contribution in [3.05, 3.63) is 47.2 Å². The minimum absolute atomic E-state index is 0.0583. The molecule has 110 valence electrons. The lowest BCUT2D eigenvalue weighted by Crippen LogP contribution is -2.33. The Morgan fingerprint density at radius 3 is 2.86 bits per heavy atom. The molecule has 2 heterocycles. The van der Waals surface area contributed by atoms with Gasteiger partial charge >= 0.3 is 0 Å². The summed E-state index contributed by atoms with van der Waals surface area (Å²) in [6, 6.07) is 11.0. The summed E-state index contributed by atoms with van der Waals surface area (Å²) in [5.74, 6) is 0.931. The van der Waals surface area contributed by atoms with Crippen LogP contribution in [0.3, 0.4) is 0 Å². The Morgan fingerprint density at radius 2 is 2.00 bits per heavy atom. The molecule has 0 saturated carbocycles. The Labute approximate surface area is 128 Å². The summed E-state index contributed by atoms with van der Waals surface area (Å²) in [7, 11) is 0. The van der Waals surface area contributed by atoms with Crippen LogP contribution in [0, 0.1) is 0 Å². The summed E-state index contributed by atoms with van der Waals surface area (Å²) in [5, 5.41) is 3.90. The summed E-state index contributed by atoms with van der Waals surface area (Å²) in [6.45, 7) is 3.24. The van der Waals surface area contributed by atoms with E-state index in [2.05, 4.69) is 5.32 Å². The standard InChI is InChI=1S/C16H17ClN2O2/c17-13-5-2-1-4-12(13)14-6-7-15(21-14)16(20)19-10-3-8-18-9-11-19/h1-2,4-7,18H,3,8-11H2. The van der Waals surface area contributed by atoms with Gasteiger partial charge in [0.05, 0.1) is 5.02 Å². The lowest BCUT2D eigenvalue weighted by Gasteiger charge is -2.18. The predicted octanol–water partition coefficient (Wildman–Crippen LogP) is 3.04. The van der Waals surface area contributed by atoms with E-state index in [0.717, 1.165) is 31.6 Å². The molecule has 0 bridgehead atoms. The van der Waals surface area contributed by atoms with Gasteiger partial charge in [0.25, 0.3) is 5.91 Å². The van der Waals surface area contributed by atoms with Gasteiger partial charge in [-0.05, 0) is 37.2 Å². The Morgan fingerprint density at radius 1 is 1.14 bits per heavy atom. The van der Waals surface area contributed by atoms with Crippen molar-refractivity contribution in [2.75, 3.05) is 26.2 Å². The highest BCUT2D eigenvalue weighted by Gasteiger charge is 2.20. The molecule has 1 fully saturated rings. The molecular formula is C16H17ClN2O2. The second kappa shape index (κ2) is 6.33. The lowest BCUT2D eigenvalue weighted by molar-refractivity contribution is 0.0735. The zero-order valence-corrected chi connectivity index (χ0v) is 12.4. The summed E-state index contributed by atoms with van der Waals surface area (Å²) in [4.78, 5) is 14.3. The van der Waals surface area contributed by atoms with Crippen LogP contribution in [0.5, 0.6) is 0 Å². The molecule has 2 aromatic rings. The number of carbonyl (C=O) groups excluding carboxylic acids is 1. The number of carbonyl (C=O) groups is 1. The number of nitrogens with zero attached hydrogens (tertiary/aromatic N) is 1. The molecule has 1 amide bonds. The van der Waals surface area contributed by atoms with Crippen molar-refractivity contribution in [2.45, 2.75) is 6.42 Å². The molecule has 1 N–H and O–H groups in total. The van der Waals surface area contributed by atoms with Crippen LogP contribution in [0.4, 0.5) is 0 Å². The van der Waals surface area contributed by atoms with E-state index in [1.165, 1.54) is 0 Å². The highest BCUT2D eigenvalue weighted by molar-refractivity contribution is 6.33. The third-order valence-corrected chi connectivity index (χ3v) is 3.91. The molecule has 0 aliphatic carbocycles. The summed E-state index contributed by atoms with van der Waals surface area (Å²) < 4.78 is 5.71. The van der Waals surface area contributed by atoms with Gasteiger partial charge in [-0.3, -0.25) is 4.79 Å². The van der Waals surface area contributed by atoms with E-state index in [1.54, 1.807) is 18.2 Å². The lowest BCUT2D eigenvalue weighted by atomic mass is 10.2. The number of rotatable bonds is 2. The first-order valence-electron chi connectivity index (χ1n) is 7.10. The molecule has 0 unspecified atom stereocenters. The minimum atomic E-state index is -0.0583. The van der Waals surface area contributed by atoms with Gasteiger partial charge in [-0.25, -0.2) is 0 Å². The van der Waals surface area contributed by atoms with Crippen LogP contribution in [0.2, 0.25) is 5.02 Å². The van der Waals surface area contributed by atoms with Gasteiger partial charge in [-0.15, -0.1) is 0 Å². The van der Waals surface area contributed by atoms with E-state index < -0.39 is 0 Å². The first kappa shape index (κ1) is 14.2. The van der Waals surface area contributed by atoms with Crippen LogP contribution in [-0.4, -0.2) is 37.0 Å². The number of nitrogens with one attached hydrogen (secondary N) is 1. The number of hydrogen-bond acceptors (Lipinski definition) is 3. The third kappa shape index (κ3) is 3.12. The predicted molar refractivity (Wildman–Crippen MR) is 82.5 cm³/mol. The van der Waals surface area contributed by atoms with E-state index in [-0.39, 0.29) is 5.91 Å². The van der Waals surface area contributed by atoms with Crippen LogP contribution in [0.1, 0.15) is 17.0 Å². The molecule has 3 rings (SSSR count). The van der Waals surface area contributed by atoms with Gasteiger partial charge in [0, 0.05) is 25.2 Å². The Bertz CT molecular complexity index is 631. The molecule has 1 aliphatic rings. The quantitative estimate of drug-likeness (QED) is 0.927. The first-order valence-corrected chi connectivity index (χ1v) is 7.48. The fourth-order valence-electron chi connectivity index (χ4n) is 2.46. The number of furan rings is 1. The third-order valence-electron chi connectivity index (χ3n) is 3.58. The number of amides is 1. The smallest absolute Gasteiger partial charge is 0.289 e. The van der Waals surface area contributed by atoms with Gasteiger partial charge in [0.2, 0.25) is 0 Å². The molecular weight excluding hydrogens is 288 g/mol. The topological polar surface area (TPSA) is 45.5 Å². The van der Waals surface area contributed by atoms with Gasteiger partial charge in [-0.2, -0.15) is 0 Å². The summed E-state index contributed by atoms with van der Waals surface area (Å²) in [6.07, 6.45) is 0.962. The average molecular weight is 305 g/mol. The maximum atomic E-state index is 12.5. The molecule has 0 spiro atoms. The molecule has 1 saturated heterocycles. The van der Waals surface area contributed by atoms with E-state index in [9.17, 15) is 4.79 Å². The molecule has 1 aromatic carbocycles. The molecule has 1 aromatic heterocycles. The van der Waals surface area contributed by atoms with Crippen LogP contribution in [0.25, 0.3) is 11.3 Å². The minimum Gasteiger partial charge on any atom is -0.451 e. The maximum Gasteiger partial charge on any atom is 0.289 e. The van der Waals surface area contributed by atoms with Gasteiger partial charge in [-0.1, -0.05) is 23.7 Å². The maximum absolute atomic E-state index is 12.5. The largest absolute Gasteiger partial charge is 0.451 e. The average Bonchev–Trinajstić information content (AvgIpc) is 2.82. The second-order valence-corrected chi connectivity index (χ2v) is 5.45. The van der Waals surface area contributed by atoms with E-state index in [0.29, 0.717) is 23.1 Å². The van der Waals surface area contributed by atoms with Crippen molar-refractivity contribution < 1.29 is 9.21 Å². The van der Waals surface area contributed by atoms with Crippen molar-refractivity contribution in [1.29, 1.82) is 0 Å². The van der Waals surface area contributed by atoms with Gasteiger partial charge in [0.15, 0.2) is 5.76 Å². The number of hydrogen-bond donors (Lipinski definition) is 1. The van der Waals surface area contributed by atoms with E-state index >= 15 is 0 Å². The normalized spacial score (nSPS) is 15.8. The van der Waals surface area contributed by atoms with Crippen molar-refractivity contribution in [2.24, 2.45) is 0 Å². The fourth-order valence-corrected chi connectivity index (χ4v) is 2.69. The Balaban J connectivity index is 1.81. The van der Waals surface area contributed by atoms with Crippen molar-refractivity contribution in [3.63, 3.8) is 0 Å². The molecule has 21 heavy (non-hydrogen) atoms. The molecule has 4 nitrogen and oxygen atoms in total. The highest BCUT2D eigenvalue weighted by atomic mass is 35.5. The molecule has 0 atom stereocenters. The fraction of sp³-hybridized carbons (Fsp3) is 0.312. The number of halogens is 1. The van der Waals surface area contributed by atoms with Crippen LogP contribution < -0.4 is 5.32 Å². The van der Waals surface area contributed by atoms with E-state index in [1.807, 2.05) is 23.1 Å². The number of benzene rings is 1. The summed E-state index contributed by atoms with van der Waals surface area (Å²) >= 11 is 6.15. The Hall–Kier alpha value is -1.78. The molecule has 0 radical (unpaired) electrons. The Kier molecular flexibility index (Phi) is 4.27. The van der Waals surface area contributed by atoms with Crippen molar-refractivity contribution >= 4 is 17.5 Å².